The van der Waals surface area contributed by atoms with Crippen molar-refractivity contribution in [2.24, 2.45) is 0 Å². The molecular weight excluding hydrogens is 250 g/mol. The second kappa shape index (κ2) is 5.83. The molecule has 2 rings (SSSR count). The number of hydrogen-bond donors (Lipinski definition) is 2. The van der Waals surface area contributed by atoms with E-state index in [0.717, 1.165) is 12.8 Å². The second-order valence-electron chi connectivity index (χ2n) is 4.63. The van der Waals surface area contributed by atoms with Crippen LogP contribution in [0.4, 0.5) is 11.5 Å². The summed E-state index contributed by atoms with van der Waals surface area (Å²) in [5.41, 5.74) is -0.0630. The molecule has 1 fully saturated rings. The summed E-state index contributed by atoms with van der Waals surface area (Å²) in [6.45, 7) is 0. The molecule has 1 aromatic heterocycles. The number of anilines is 1. The average molecular weight is 267 g/mol. The first kappa shape index (κ1) is 13.5. The zero-order valence-corrected chi connectivity index (χ0v) is 10.7. The number of methoxy groups -OCH3 is 1. The van der Waals surface area contributed by atoms with E-state index in [1.54, 1.807) is 0 Å². The third-order valence-corrected chi connectivity index (χ3v) is 3.29. The minimum Gasteiger partial charge on any atom is -0.481 e. The zero-order valence-electron chi connectivity index (χ0n) is 10.7. The quantitative estimate of drug-likeness (QED) is 0.636. The third-order valence-electron chi connectivity index (χ3n) is 3.29. The van der Waals surface area contributed by atoms with Gasteiger partial charge in [-0.1, -0.05) is 0 Å². The molecule has 0 amide bonds. The maximum atomic E-state index is 11.0. The van der Waals surface area contributed by atoms with Crippen LogP contribution in [0.2, 0.25) is 0 Å². The van der Waals surface area contributed by atoms with Gasteiger partial charge in [0, 0.05) is 18.2 Å². The van der Waals surface area contributed by atoms with Gasteiger partial charge in [-0.05, 0) is 25.7 Å². The average Bonchev–Trinajstić information content (AvgIpc) is 2.41. The van der Waals surface area contributed by atoms with Crippen LogP contribution in [-0.2, 0) is 0 Å². The van der Waals surface area contributed by atoms with Crippen molar-refractivity contribution in [2.75, 3.05) is 12.4 Å². The lowest BCUT2D eigenvalue weighted by molar-refractivity contribution is -0.384. The van der Waals surface area contributed by atoms with Crippen molar-refractivity contribution >= 4 is 11.5 Å². The highest BCUT2D eigenvalue weighted by atomic mass is 16.6. The fourth-order valence-corrected chi connectivity index (χ4v) is 2.21. The van der Waals surface area contributed by atoms with Crippen LogP contribution in [-0.4, -0.2) is 34.3 Å². The standard InChI is InChI=1S/C12H17N3O4/c1-19-11-7-6-10(15(17)18)12(14-11)13-8-2-4-9(16)5-3-8/h6-9,16H,2-5H2,1H3,(H,13,14). The van der Waals surface area contributed by atoms with Gasteiger partial charge in [-0.3, -0.25) is 10.1 Å². The smallest absolute Gasteiger partial charge is 0.311 e. The summed E-state index contributed by atoms with van der Waals surface area (Å²) in [5, 5.41) is 23.5. The van der Waals surface area contributed by atoms with E-state index in [1.165, 1.54) is 19.2 Å². The molecule has 0 bridgehead atoms. The molecule has 104 valence electrons. The summed E-state index contributed by atoms with van der Waals surface area (Å²) in [6.07, 6.45) is 2.70. The first-order valence-corrected chi connectivity index (χ1v) is 6.24. The van der Waals surface area contributed by atoms with E-state index < -0.39 is 4.92 Å². The monoisotopic (exact) mass is 267 g/mol. The number of aliphatic hydroxyl groups is 1. The number of hydrogen-bond acceptors (Lipinski definition) is 6. The first-order chi connectivity index (χ1) is 9.10. The van der Waals surface area contributed by atoms with Crippen LogP contribution < -0.4 is 10.1 Å². The Kier molecular flexibility index (Phi) is 4.16. The molecule has 0 aromatic carbocycles. The van der Waals surface area contributed by atoms with E-state index in [-0.39, 0.29) is 23.7 Å². The first-order valence-electron chi connectivity index (χ1n) is 6.24. The van der Waals surface area contributed by atoms with Crippen molar-refractivity contribution in [3.05, 3.63) is 22.2 Å². The molecule has 1 heterocycles. The summed E-state index contributed by atoms with van der Waals surface area (Å²) in [4.78, 5) is 14.6. The highest BCUT2D eigenvalue weighted by molar-refractivity contribution is 5.57. The van der Waals surface area contributed by atoms with Gasteiger partial charge >= 0.3 is 5.69 Å². The van der Waals surface area contributed by atoms with Crippen LogP contribution in [0.15, 0.2) is 12.1 Å². The fraction of sp³-hybridized carbons (Fsp3) is 0.583. The van der Waals surface area contributed by atoms with E-state index in [4.69, 9.17) is 4.74 Å². The van der Waals surface area contributed by atoms with E-state index in [9.17, 15) is 15.2 Å². The Bertz CT molecular complexity index is 458. The van der Waals surface area contributed by atoms with Crippen molar-refractivity contribution in [2.45, 2.75) is 37.8 Å². The number of pyridine rings is 1. The van der Waals surface area contributed by atoms with E-state index in [1.807, 2.05) is 0 Å². The Balaban J connectivity index is 2.15. The van der Waals surface area contributed by atoms with Crippen molar-refractivity contribution in [1.29, 1.82) is 0 Å². The lowest BCUT2D eigenvalue weighted by Crippen LogP contribution is -2.28. The third kappa shape index (κ3) is 3.31. The van der Waals surface area contributed by atoms with Gasteiger partial charge in [-0.15, -0.1) is 0 Å². The van der Waals surface area contributed by atoms with Crippen LogP contribution in [0.1, 0.15) is 25.7 Å². The highest BCUT2D eigenvalue weighted by Gasteiger charge is 2.23. The van der Waals surface area contributed by atoms with Crippen LogP contribution in [0.3, 0.4) is 0 Å². The van der Waals surface area contributed by atoms with Crippen LogP contribution in [0, 0.1) is 10.1 Å². The molecule has 1 saturated carbocycles. The van der Waals surface area contributed by atoms with Gasteiger partial charge in [0.15, 0.2) is 0 Å². The number of nitrogens with zero attached hydrogens (tertiary/aromatic N) is 2. The molecule has 0 atom stereocenters. The predicted molar refractivity (Wildman–Crippen MR) is 69.3 cm³/mol. The Morgan fingerprint density at radius 3 is 2.68 bits per heavy atom. The van der Waals surface area contributed by atoms with Gasteiger partial charge in [0.1, 0.15) is 0 Å². The van der Waals surface area contributed by atoms with E-state index in [0.29, 0.717) is 18.7 Å². The normalized spacial score (nSPS) is 22.8. The minimum absolute atomic E-state index is 0.0630. The minimum atomic E-state index is -0.466. The number of nitrogens with one attached hydrogen (secondary N) is 1. The Morgan fingerprint density at radius 1 is 1.42 bits per heavy atom. The number of ether oxygens (including phenoxy) is 1. The van der Waals surface area contributed by atoms with Gasteiger partial charge in [0.2, 0.25) is 11.7 Å². The fourth-order valence-electron chi connectivity index (χ4n) is 2.21. The largest absolute Gasteiger partial charge is 0.481 e. The molecule has 1 aliphatic rings. The molecule has 0 spiro atoms. The molecule has 19 heavy (non-hydrogen) atoms. The molecule has 0 saturated heterocycles. The van der Waals surface area contributed by atoms with Crippen molar-refractivity contribution in [1.82, 2.24) is 4.98 Å². The van der Waals surface area contributed by atoms with E-state index >= 15 is 0 Å². The maximum Gasteiger partial charge on any atom is 0.311 e. The van der Waals surface area contributed by atoms with Gasteiger partial charge < -0.3 is 15.2 Å². The number of nitro groups is 1. The molecule has 7 heteroatoms. The summed E-state index contributed by atoms with van der Waals surface area (Å²) >= 11 is 0. The second-order valence-corrected chi connectivity index (χ2v) is 4.63. The summed E-state index contributed by atoms with van der Waals surface area (Å²) in [5.74, 6) is 0.565. The van der Waals surface area contributed by atoms with Crippen molar-refractivity contribution in [3.63, 3.8) is 0 Å². The summed E-state index contributed by atoms with van der Waals surface area (Å²) in [6, 6.07) is 2.95. The molecule has 0 unspecified atom stereocenters. The molecule has 1 aromatic rings. The topological polar surface area (TPSA) is 97.5 Å². The molecule has 2 N–H and O–H groups in total. The summed E-state index contributed by atoms with van der Waals surface area (Å²) in [7, 11) is 1.47. The Labute approximate surface area is 110 Å². The van der Waals surface area contributed by atoms with Crippen LogP contribution >= 0.6 is 0 Å². The number of aliphatic hydroxyl groups excluding tert-OH is 1. The van der Waals surface area contributed by atoms with Crippen LogP contribution in [0.25, 0.3) is 0 Å². The highest BCUT2D eigenvalue weighted by Crippen LogP contribution is 2.28. The van der Waals surface area contributed by atoms with Crippen molar-refractivity contribution < 1.29 is 14.8 Å². The Morgan fingerprint density at radius 2 is 2.11 bits per heavy atom. The maximum absolute atomic E-state index is 11.0. The molecule has 1 aliphatic carbocycles. The molecular formula is C12H17N3O4. The zero-order chi connectivity index (χ0) is 13.8. The lowest BCUT2D eigenvalue weighted by Gasteiger charge is -2.26. The summed E-state index contributed by atoms with van der Waals surface area (Å²) < 4.78 is 4.98. The van der Waals surface area contributed by atoms with Gasteiger partial charge in [-0.25, -0.2) is 0 Å². The predicted octanol–water partition coefficient (Wildman–Crippen LogP) is 1.71. The van der Waals surface area contributed by atoms with Gasteiger partial charge in [0.25, 0.3) is 0 Å². The lowest BCUT2D eigenvalue weighted by atomic mass is 9.93. The number of aromatic nitrogens is 1. The van der Waals surface area contributed by atoms with Crippen LogP contribution in [0.5, 0.6) is 5.88 Å². The van der Waals surface area contributed by atoms with Gasteiger partial charge in [-0.2, -0.15) is 4.98 Å². The Hall–Kier alpha value is -1.89. The SMILES string of the molecule is COc1ccc([N+](=O)[O-])c(NC2CCC(O)CC2)n1. The molecule has 7 nitrogen and oxygen atoms in total. The molecule has 0 radical (unpaired) electrons. The van der Waals surface area contributed by atoms with Crippen molar-refractivity contribution in [3.8, 4) is 5.88 Å². The number of rotatable bonds is 4. The van der Waals surface area contributed by atoms with E-state index in [2.05, 4.69) is 10.3 Å². The van der Waals surface area contributed by atoms with Gasteiger partial charge in [0.05, 0.1) is 18.1 Å². The molecule has 0 aliphatic heterocycles.